The number of nitrogens with zero attached hydrogens (tertiary/aromatic N) is 2. The lowest BCUT2D eigenvalue weighted by molar-refractivity contribution is -0.138. The van der Waals surface area contributed by atoms with E-state index >= 15 is 0 Å². The molecule has 2 rings (SSSR count). The van der Waals surface area contributed by atoms with Gasteiger partial charge in [0.15, 0.2) is 0 Å². The Hall–Kier alpha value is -1.56. The second-order valence-corrected chi connectivity index (χ2v) is 5.90. The van der Waals surface area contributed by atoms with Gasteiger partial charge in [-0.25, -0.2) is 0 Å². The van der Waals surface area contributed by atoms with E-state index in [1.165, 1.54) is 0 Å². The maximum atomic E-state index is 12.1. The molecule has 0 atom stereocenters. The maximum absolute atomic E-state index is 12.1. The molecule has 1 aliphatic heterocycles. The number of carbonyl (C=O) groups is 2. The summed E-state index contributed by atoms with van der Waals surface area (Å²) >= 11 is 3.46. The Labute approximate surface area is 133 Å². The lowest BCUT2D eigenvalue weighted by Crippen LogP contribution is -2.50. The monoisotopic (exact) mass is 353 g/mol. The van der Waals surface area contributed by atoms with Crippen molar-refractivity contribution in [1.82, 2.24) is 9.80 Å². The molecule has 114 valence electrons. The number of piperazine rings is 1. The van der Waals surface area contributed by atoms with Crippen LogP contribution in [-0.2, 0) is 9.59 Å². The van der Waals surface area contributed by atoms with Crippen LogP contribution < -0.4 is 5.32 Å². The number of hydrogen-bond acceptors (Lipinski definition) is 3. The van der Waals surface area contributed by atoms with E-state index in [1.54, 1.807) is 11.8 Å². The van der Waals surface area contributed by atoms with Gasteiger partial charge in [0.1, 0.15) is 0 Å². The number of amides is 2. The normalized spacial score (nSPS) is 15.0. The van der Waals surface area contributed by atoms with E-state index in [2.05, 4.69) is 21.2 Å². The Balaban J connectivity index is 1.73. The fraction of sp³-hybridized carbons (Fsp3) is 0.467. The summed E-state index contributed by atoms with van der Waals surface area (Å²) in [5.41, 5.74) is 0.992. The van der Waals surface area contributed by atoms with Gasteiger partial charge in [-0.2, -0.15) is 0 Å². The van der Waals surface area contributed by atoms with E-state index in [-0.39, 0.29) is 11.8 Å². The number of para-hydroxylation sites is 1. The lowest BCUT2D eigenvalue weighted by atomic mass is 10.2. The van der Waals surface area contributed by atoms with Gasteiger partial charge in [-0.05, 0) is 28.1 Å². The highest BCUT2D eigenvalue weighted by molar-refractivity contribution is 9.10. The van der Waals surface area contributed by atoms with Gasteiger partial charge in [-0.1, -0.05) is 12.1 Å². The Kier molecular flexibility index (Phi) is 5.61. The van der Waals surface area contributed by atoms with Crippen LogP contribution in [0.15, 0.2) is 28.7 Å². The van der Waals surface area contributed by atoms with Crippen LogP contribution >= 0.6 is 15.9 Å². The third-order valence-electron chi connectivity index (χ3n) is 3.61. The van der Waals surface area contributed by atoms with Crippen LogP contribution in [0.25, 0.3) is 0 Å². The largest absolute Gasteiger partial charge is 0.384 e. The molecule has 6 heteroatoms. The predicted octanol–water partition coefficient (Wildman–Crippen LogP) is 1.94. The molecule has 0 aliphatic carbocycles. The molecule has 0 radical (unpaired) electrons. The van der Waals surface area contributed by atoms with Crippen LogP contribution in [0, 0.1) is 0 Å². The van der Waals surface area contributed by atoms with E-state index in [1.807, 2.05) is 29.2 Å². The smallest absolute Gasteiger partial charge is 0.224 e. The Bertz CT molecular complexity index is 513. The van der Waals surface area contributed by atoms with Crippen molar-refractivity contribution >= 4 is 33.4 Å². The second-order valence-electron chi connectivity index (χ2n) is 5.04. The first-order valence-corrected chi connectivity index (χ1v) is 7.89. The zero-order chi connectivity index (χ0) is 15.2. The number of halogens is 1. The molecule has 1 heterocycles. The van der Waals surface area contributed by atoms with Crippen LogP contribution in [0.5, 0.6) is 0 Å². The molecule has 1 aromatic carbocycles. The molecule has 1 N–H and O–H groups in total. The number of nitrogens with one attached hydrogen (secondary N) is 1. The summed E-state index contributed by atoms with van der Waals surface area (Å²) in [6.45, 7) is 4.71. The molecule has 1 aliphatic rings. The summed E-state index contributed by atoms with van der Waals surface area (Å²) < 4.78 is 0.993. The fourth-order valence-corrected chi connectivity index (χ4v) is 2.76. The summed E-state index contributed by atoms with van der Waals surface area (Å²) in [5, 5.41) is 3.25. The summed E-state index contributed by atoms with van der Waals surface area (Å²) in [4.78, 5) is 27.0. The van der Waals surface area contributed by atoms with Gasteiger partial charge in [0, 0.05) is 56.2 Å². The molecular weight excluding hydrogens is 334 g/mol. The van der Waals surface area contributed by atoms with Crippen molar-refractivity contribution in [3.63, 3.8) is 0 Å². The molecule has 0 aromatic heterocycles. The molecule has 1 saturated heterocycles. The summed E-state index contributed by atoms with van der Waals surface area (Å²) in [6.07, 6.45) is 0.460. The minimum Gasteiger partial charge on any atom is -0.384 e. The molecule has 1 fully saturated rings. The van der Waals surface area contributed by atoms with Crippen LogP contribution in [0.2, 0.25) is 0 Å². The summed E-state index contributed by atoms with van der Waals surface area (Å²) in [5.74, 6) is 0.218. The average Bonchev–Trinajstić information content (AvgIpc) is 2.49. The minimum atomic E-state index is 0.0812. The number of carbonyl (C=O) groups excluding carboxylic acids is 2. The van der Waals surface area contributed by atoms with E-state index < -0.39 is 0 Å². The minimum absolute atomic E-state index is 0.0812. The highest BCUT2D eigenvalue weighted by atomic mass is 79.9. The number of anilines is 1. The second kappa shape index (κ2) is 7.45. The number of rotatable bonds is 4. The molecule has 21 heavy (non-hydrogen) atoms. The number of benzene rings is 1. The molecule has 0 spiro atoms. The van der Waals surface area contributed by atoms with E-state index in [0.717, 1.165) is 10.2 Å². The summed E-state index contributed by atoms with van der Waals surface area (Å²) in [6, 6.07) is 7.84. The van der Waals surface area contributed by atoms with Gasteiger partial charge < -0.3 is 15.1 Å². The van der Waals surface area contributed by atoms with Crippen molar-refractivity contribution in [2.75, 3.05) is 38.0 Å². The van der Waals surface area contributed by atoms with Gasteiger partial charge in [0.25, 0.3) is 0 Å². The molecule has 0 bridgehead atoms. The van der Waals surface area contributed by atoms with Gasteiger partial charge in [0.05, 0.1) is 0 Å². The van der Waals surface area contributed by atoms with Gasteiger partial charge >= 0.3 is 0 Å². The van der Waals surface area contributed by atoms with E-state index in [9.17, 15) is 9.59 Å². The average molecular weight is 354 g/mol. The quantitative estimate of drug-likeness (QED) is 0.899. The van der Waals surface area contributed by atoms with Crippen molar-refractivity contribution in [3.8, 4) is 0 Å². The molecular formula is C15H20BrN3O2. The third-order valence-corrected chi connectivity index (χ3v) is 4.30. The Morgan fingerprint density at radius 1 is 1.14 bits per heavy atom. The lowest BCUT2D eigenvalue weighted by Gasteiger charge is -2.34. The maximum Gasteiger partial charge on any atom is 0.224 e. The molecule has 0 saturated carbocycles. The Morgan fingerprint density at radius 2 is 1.76 bits per heavy atom. The van der Waals surface area contributed by atoms with Crippen LogP contribution in [0.1, 0.15) is 13.3 Å². The van der Waals surface area contributed by atoms with Gasteiger partial charge in [-0.3, -0.25) is 9.59 Å². The topological polar surface area (TPSA) is 52.7 Å². The summed E-state index contributed by atoms with van der Waals surface area (Å²) in [7, 11) is 0. The SMILES string of the molecule is CC(=O)N1CCN(C(=O)CCNc2ccccc2Br)CC1. The molecule has 5 nitrogen and oxygen atoms in total. The van der Waals surface area contributed by atoms with Crippen LogP contribution in [-0.4, -0.2) is 54.3 Å². The first-order chi connectivity index (χ1) is 10.1. The molecule has 1 aromatic rings. The highest BCUT2D eigenvalue weighted by Gasteiger charge is 2.21. The highest BCUT2D eigenvalue weighted by Crippen LogP contribution is 2.20. The first kappa shape index (κ1) is 15.8. The van der Waals surface area contributed by atoms with Gasteiger partial charge in [-0.15, -0.1) is 0 Å². The predicted molar refractivity (Wildman–Crippen MR) is 86.1 cm³/mol. The number of hydrogen-bond donors (Lipinski definition) is 1. The third kappa shape index (κ3) is 4.46. The van der Waals surface area contributed by atoms with Gasteiger partial charge in [0.2, 0.25) is 11.8 Å². The molecule has 2 amide bonds. The van der Waals surface area contributed by atoms with E-state index in [4.69, 9.17) is 0 Å². The van der Waals surface area contributed by atoms with Crippen molar-refractivity contribution < 1.29 is 9.59 Å². The van der Waals surface area contributed by atoms with Crippen molar-refractivity contribution in [2.24, 2.45) is 0 Å². The standard InChI is InChI=1S/C15H20BrN3O2/c1-12(20)18-8-10-19(11-9-18)15(21)6-7-17-14-5-3-2-4-13(14)16/h2-5,17H,6-11H2,1H3. The zero-order valence-corrected chi connectivity index (χ0v) is 13.7. The van der Waals surface area contributed by atoms with E-state index in [0.29, 0.717) is 39.1 Å². The van der Waals surface area contributed by atoms with Crippen LogP contribution in [0.4, 0.5) is 5.69 Å². The van der Waals surface area contributed by atoms with Crippen molar-refractivity contribution in [3.05, 3.63) is 28.7 Å². The van der Waals surface area contributed by atoms with Crippen molar-refractivity contribution in [1.29, 1.82) is 0 Å². The van der Waals surface area contributed by atoms with Crippen molar-refractivity contribution in [2.45, 2.75) is 13.3 Å². The zero-order valence-electron chi connectivity index (χ0n) is 12.1. The Morgan fingerprint density at radius 3 is 2.38 bits per heavy atom. The van der Waals surface area contributed by atoms with Crippen LogP contribution in [0.3, 0.4) is 0 Å². The molecule has 0 unspecified atom stereocenters. The first-order valence-electron chi connectivity index (χ1n) is 7.09. The fourth-order valence-electron chi connectivity index (χ4n) is 2.34.